The van der Waals surface area contributed by atoms with Crippen LogP contribution in [-0.4, -0.2) is 12.8 Å². The number of hydrogen-bond donors (Lipinski definition) is 0. The highest BCUT2D eigenvalue weighted by Gasteiger charge is 2.27. The Hall–Kier alpha value is -0.850. The molecule has 0 radical (unpaired) electrons. The van der Waals surface area contributed by atoms with Gasteiger partial charge in [-0.15, -0.1) is 0 Å². The summed E-state index contributed by atoms with van der Waals surface area (Å²) >= 11 is 2.83. The van der Waals surface area contributed by atoms with Crippen LogP contribution >= 0.6 is 15.9 Å². The molecule has 0 atom stereocenters. The zero-order valence-electron chi connectivity index (χ0n) is 7.74. The molecule has 0 heterocycles. The monoisotopic (exact) mass is 304 g/mol. The van der Waals surface area contributed by atoms with Crippen molar-refractivity contribution < 1.29 is 26.7 Å². The largest absolute Gasteiger partial charge is 0.487 e. The fraction of sp³-hybridized carbons (Fsp3) is 0.333. The van der Waals surface area contributed by atoms with Crippen molar-refractivity contribution in [3.63, 3.8) is 0 Å². The lowest BCUT2D eigenvalue weighted by Gasteiger charge is -2.10. The second-order valence-electron chi connectivity index (χ2n) is 2.91. The molecule has 1 nitrogen and oxygen atoms in total. The van der Waals surface area contributed by atoms with Gasteiger partial charge in [-0.1, -0.05) is 15.9 Å². The first-order valence-corrected chi connectivity index (χ1v) is 4.93. The van der Waals surface area contributed by atoms with Crippen molar-refractivity contribution in [3.05, 3.63) is 28.2 Å². The topological polar surface area (TPSA) is 9.23 Å². The summed E-state index contributed by atoms with van der Waals surface area (Å²) in [7, 11) is 0. The van der Waals surface area contributed by atoms with Crippen LogP contribution in [0.3, 0.4) is 0 Å². The summed E-state index contributed by atoms with van der Waals surface area (Å²) in [5.41, 5.74) is 0. The molecule has 0 unspecified atom stereocenters. The maximum Gasteiger partial charge on any atom is 0.392 e. The van der Waals surface area contributed by atoms with Crippen LogP contribution in [0.4, 0.5) is 22.0 Å². The fourth-order valence-electron chi connectivity index (χ4n) is 0.936. The molecule has 0 aliphatic heterocycles. The van der Waals surface area contributed by atoms with Crippen molar-refractivity contribution in [2.45, 2.75) is 12.6 Å². The van der Waals surface area contributed by atoms with Gasteiger partial charge in [0, 0.05) is 4.47 Å². The molecule has 0 bridgehead atoms. The maximum atomic E-state index is 13.1. The van der Waals surface area contributed by atoms with Gasteiger partial charge in [0.15, 0.2) is 17.4 Å². The van der Waals surface area contributed by atoms with Crippen LogP contribution in [-0.2, 0) is 0 Å². The van der Waals surface area contributed by atoms with Crippen molar-refractivity contribution in [3.8, 4) is 5.75 Å². The van der Waals surface area contributed by atoms with Crippen molar-refractivity contribution in [2.75, 3.05) is 6.61 Å². The Morgan fingerprint density at radius 1 is 1.12 bits per heavy atom. The second kappa shape index (κ2) is 4.99. The van der Waals surface area contributed by atoms with Crippen LogP contribution < -0.4 is 4.74 Å². The summed E-state index contributed by atoms with van der Waals surface area (Å²) in [5, 5.41) is 0. The zero-order chi connectivity index (χ0) is 12.3. The van der Waals surface area contributed by atoms with E-state index in [0.29, 0.717) is 0 Å². The van der Waals surface area contributed by atoms with Gasteiger partial charge >= 0.3 is 6.18 Å². The summed E-state index contributed by atoms with van der Waals surface area (Å²) < 4.78 is 65.9. The molecule has 7 heteroatoms. The van der Waals surface area contributed by atoms with E-state index in [2.05, 4.69) is 20.7 Å². The first-order valence-electron chi connectivity index (χ1n) is 4.13. The summed E-state index contributed by atoms with van der Waals surface area (Å²) in [6, 6.07) is 1.82. The van der Waals surface area contributed by atoms with Crippen LogP contribution in [0.15, 0.2) is 16.6 Å². The van der Waals surface area contributed by atoms with Gasteiger partial charge in [-0.05, 0) is 12.1 Å². The molecule has 0 saturated carbocycles. The molecule has 1 aromatic rings. The molecule has 16 heavy (non-hydrogen) atoms. The van der Waals surface area contributed by atoms with E-state index in [1.54, 1.807) is 0 Å². The number of rotatable bonds is 3. The van der Waals surface area contributed by atoms with E-state index in [1.165, 1.54) is 0 Å². The highest BCUT2D eigenvalue weighted by Crippen LogP contribution is 2.27. The van der Waals surface area contributed by atoms with Crippen LogP contribution in [0.2, 0.25) is 0 Å². The molecule has 1 aromatic carbocycles. The van der Waals surface area contributed by atoms with Crippen LogP contribution in [0.5, 0.6) is 5.75 Å². The number of hydrogen-bond acceptors (Lipinski definition) is 1. The lowest BCUT2D eigenvalue weighted by molar-refractivity contribution is -0.139. The highest BCUT2D eigenvalue weighted by molar-refractivity contribution is 9.10. The SMILES string of the molecule is Fc1cc(Br)cc(F)c1OCCC(F)(F)F. The Morgan fingerprint density at radius 3 is 2.06 bits per heavy atom. The summed E-state index contributed by atoms with van der Waals surface area (Å²) in [6.45, 7) is -0.820. The fourth-order valence-corrected chi connectivity index (χ4v) is 1.34. The summed E-state index contributed by atoms with van der Waals surface area (Å²) in [6.07, 6.45) is -5.68. The standard InChI is InChI=1S/C9H6BrF5O/c10-5-3-6(11)8(7(12)4-5)16-2-1-9(13,14)15/h3-4H,1-2H2. The molecule has 0 saturated heterocycles. The normalized spacial score (nSPS) is 11.6. The van der Waals surface area contributed by atoms with E-state index in [9.17, 15) is 22.0 Å². The molecule has 0 spiro atoms. The van der Waals surface area contributed by atoms with Crippen LogP contribution in [0, 0.1) is 11.6 Å². The minimum Gasteiger partial charge on any atom is -0.487 e. The van der Waals surface area contributed by atoms with Gasteiger partial charge in [-0.3, -0.25) is 0 Å². The number of halogens is 6. The molecular formula is C9H6BrF5O. The second-order valence-corrected chi connectivity index (χ2v) is 3.83. The molecular weight excluding hydrogens is 299 g/mol. The lowest BCUT2D eigenvalue weighted by atomic mass is 10.3. The first kappa shape index (κ1) is 13.2. The van der Waals surface area contributed by atoms with E-state index < -0.39 is 36.6 Å². The molecule has 0 N–H and O–H groups in total. The number of alkyl halides is 3. The molecule has 0 aliphatic carbocycles. The average Bonchev–Trinajstić information content (AvgIpc) is 2.07. The Labute approximate surface area is 96.3 Å². The van der Waals surface area contributed by atoms with E-state index in [0.717, 1.165) is 12.1 Å². The minimum absolute atomic E-state index is 0.144. The molecule has 90 valence electrons. The number of benzene rings is 1. The third-order valence-electron chi connectivity index (χ3n) is 1.59. The van der Waals surface area contributed by atoms with E-state index >= 15 is 0 Å². The minimum atomic E-state index is -4.41. The van der Waals surface area contributed by atoms with Gasteiger partial charge in [-0.25, -0.2) is 8.78 Å². The third kappa shape index (κ3) is 3.96. The third-order valence-corrected chi connectivity index (χ3v) is 2.05. The molecule has 0 amide bonds. The maximum absolute atomic E-state index is 13.1. The Balaban J connectivity index is 2.68. The average molecular weight is 305 g/mol. The van der Waals surface area contributed by atoms with Crippen LogP contribution in [0.1, 0.15) is 6.42 Å². The van der Waals surface area contributed by atoms with Gasteiger partial charge < -0.3 is 4.74 Å². The summed E-state index contributed by atoms with van der Waals surface area (Å²) in [4.78, 5) is 0. The smallest absolute Gasteiger partial charge is 0.392 e. The van der Waals surface area contributed by atoms with Gasteiger partial charge in [0.25, 0.3) is 0 Å². The lowest BCUT2D eigenvalue weighted by Crippen LogP contribution is -2.13. The van der Waals surface area contributed by atoms with Gasteiger partial charge in [-0.2, -0.15) is 13.2 Å². The van der Waals surface area contributed by atoms with Crippen molar-refractivity contribution >= 4 is 15.9 Å². The molecule has 0 aliphatic rings. The predicted octanol–water partition coefficient (Wildman–Crippen LogP) is 4.06. The van der Waals surface area contributed by atoms with E-state index in [1.807, 2.05) is 0 Å². The Kier molecular flexibility index (Phi) is 4.12. The zero-order valence-corrected chi connectivity index (χ0v) is 9.33. The molecule has 1 rings (SSSR count). The van der Waals surface area contributed by atoms with Crippen molar-refractivity contribution in [1.29, 1.82) is 0 Å². The number of ether oxygens (including phenoxy) is 1. The van der Waals surface area contributed by atoms with Gasteiger partial charge in [0.2, 0.25) is 0 Å². The van der Waals surface area contributed by atoms with E-state index in [-0.39, 0.29) is 4.47 Å². The predicted molar refractivity (Wildman–Crippen MR) is 50.2 cm³/mol. The van der Waals surface area contributed by atoms with Crippen molar-refractivity contribution in [2.24, 2.45) is 0 Å². The van der Waals surface area contributed by atoms with Crippen LogP contribution in [0.25, 0.3) is 0 Å². The Bertz CT molecular complexity index is 354. The van der Waals surface area contributed by atoms with Crippen molar-refractivity contribution in [1.82, 2.24) is 0 Å². The van der Waals surface area contributed by atoms with Gasteiger partial charge in [0.05, 0.1) is 13.0 Å². The summed E-state index contributed by atoms with van der Waals surface area (Å²) in [5.74, 6) is -2.89. The quantitative estimate of drug-likeness (QED) is 0.765. The first-order chi connectivity index (χ1) is 7.29. The Morgan fingerprint density at radius 2 is 1.62 bits per heavy atom. The molecule has 0 fully saturated rings. The van der Waals surface area contributed by atoms with Gasteiger partial charge in [0.1, 0.15) is 0 Å². The van der Waals surface area contributed by atoms with E-state index in [4.69, 9.17) is 0 Å². The molecule has 0 aromatic heterocycles. The highest BCUT2D eigenvalue weighted by atomic mass is 79.9.